The van der Waals surface area contributed by atoms with E-state index < -0.39 is 5.60 Å². The van der Waals surface area contributed by atoms with Gasteiger partial charge in [-0.15, -0.1) is 22.7 Å². The van der Waals surface area contributed by atoms with Crippen molar-refractivity contribution in [3.63, 3.8) is 0 Å². The van der Waals surface area contributed by atoms with Crippen molar-refractivity contribution < 1.29 is 5.11 Å². The molecule has 4 heteroatoms. The number of aryl methyl sites for hydroxylation is 1. The van der Waals surface area contributed by atoms with Crippen molar-refractivity contribution in [3.8, 4) is 0 Å². The highest BCUT2D eigenvalue weighted by molar-refractivity contribution is 9.10. The smallest absolute Gasteiger partial charge is 0.131 e. The summed E-state index contributed by atoms with van der Waals surface area (Å²) in [7, 11) is 0. The Bertz CT molecular complexity index is 428. The van der Waals surface area contributed by atoms with E-state index in [1.807, 2.05) is 36.7 Å². The first-order valence-electron chi connectivity index (χ1n) is 4.54. The maximum Gasteiger partial charge on any atom is 0.131 e. The Kier molecular flexibility index (Phi) is 3.03. The van der Waals surface area contributed by atoms with Gasteiger partial charge in [0.05, 0.1) is 4.88 Å². The molecule has 0 aliphatic carbocycles. The molecule has 1 nitrogen and oxygen atoms in total. The lowest BCUT2D eigenvalue weighted by Crippen LogP contribution is -2.21. The largest absolute Gasteiger partial charge is 0.379 e. The maximum absolute atomic E-state index is 10.6. The Labute approximate surface area is 106 Å². The third-order valence-corrected chi connectivity index (χ3v) is 5.64. The second-order valence-electron chi connectivity index (χ2n) is 3.60. The van der Waals surface area contributed by atoms with Gasteiger partial charge in [-0.3, -0.25) is 0 Å². The molecule has 1 N–H and O–H groups in total. The molecule has 0 aliphatic heterocycles. The number of halogens is 1. The zero-order valence-electron chi connectivity index (χ0n) is 8.45. The first-order chi connectivity index (χ1) is 7.03. The summed E-state index contributed by atoms with van der Waals surface area (Å²) in [5.74, 6) is 0. The van der Waals surface area contributed by atoms with Gasteiger partial charge in [0.15, 0.2) is 0 Å². The Morgan fingerprint density at radius 3 is 2.27 bits per heavy atom. The molecule has 0 saturated carbocycles. The van der Waals surface area contributed by atoms with Gasteiger partial charge in [0.2, 0.25) is 0 Å². The molecule has 0 amide bonds. The van der Waals surface area contributed by atoms with E-state index in [0.717, 1.165) is 19.8 Å². The molecule has 0 bridgehead atoms. The Hall–Kier alpha value is -0.160. The summed E-state index contributed by atoms with van der Waals surface area (Å²) in [5.41, 5.74) is 0.260. The average Bonchev–Trinajstić information content (AvgIpc) is 2.73. The lowest BCUT2D eigenvalue weighted by molar-refractivity contribution is 0.109. The van der Waals surface area contributed by atoms with E-state index in [0.29, 0.717) is 0 Å². The molecule has 2 rings (SSSR count). The van der Waals surface area contributed by atoms with Crippen molar-refractivity contribution in [1.29, 1.82) is 0 Å². The molecule has 2 heterocycles. The van der Waals surface area contributed by atoms with Gasteiger partial charge in [-0.1, -0.05) is 0 Å². The minimum atomic E-state index is -0.884. The fraction of sp³-hybridized carbons (Fsp3) is 0.273. The van der Waals surface area contributed by atoms with E-state index in [2.05, 4.69) is 15.9 Å². The molecular formula is C11H11BrOS2. The van der Waals surface area contributed by atoms with Gasteiger partial charge in [0, 0.05) is 9.35 Å². The highest BCUT2D eigenvalue weighted by atomic mass is 79.9. The molecule has 2 aromatic rings. The lowest BCUT2D eigenvalue weighted by Gasteiger charge is -2.22. The van der Waals surface area contributed by atoms with Crippen molar-refractivity contribution in [1.82, 2.24) is 0 Å². The predicted octanol–water partition coefficient (Wildman–Crippen LogP) is 4.14. The van der Waals surface area contributed by atoms with E-state index in [-0.39, 0.29) is 0 Å². The lowest BCUT2D eigenvalue weighted by atomic mass is 10.00. The van der Waals surface area contributed by atoms with Crippen LogP contribution in [0.3, 0.4) is 0 Å². The average molecular weight is 303 g/mol. The quantitative estimate of drug-likeness (QED) is 0.884. The molecule has 0 radical (unpaired) electrons. The molecule has 0 spiro atoms. The van der Waals surface area contributed by atoms with Crippen LogP contribution >= 0.6 is 38.6 Å². The van der Waals surface area contributed by atoms with Crippen LogP contribution in [0.4, 0.5) is 0 Å². The Balaban J connectivity index is 2.53. The topological polar surface area (TPSA) is 20.2 Å². The predicted molar refractivity (Wildman–Crippen MR) is 69.7 cm³/mol. The van der Waals surface area contributed by atoms with Crippen molar-refractivity contribution in [2.45, 2.75) is 19.4 Å². The number of aliphatic hydroxyl groups is 1. The molecule has 15 heavy (non-hydrogen) atoms. The van der Waals surface area contributed by atoms with Crippen molar-refractivity contribution in [2.24, 2.45) is 0 Å². The molecule has 80 valence electrons. The number of rotatable bonds is 2. The SMILES string of the molecule is Cc1ccsc1C(C)(O)c1sccc1Br. The molecule has 2 aromatic heterocycles. The molecule has 0 fully saturated rings. The standard InChI is InChI=1S/C11H11BrOS2/c1-7-3-5-14-9(7)11(2,13)10-8(12)4-6-15-10/h3-6,13H,1-2H3. The zero-order chi connectivity index (χ0) is 11.1. The van der Waals surface area contributed by atoms with Gasteiger partial charge in [0.1, 0.15) is 5.60 Å². The van der Waals surface area contributed by atoms with Crippen LogP contribution in [0.2, 0.25) is 0 Å². The molecule has 0 aromatic carbocycles. The third kappa shape index (κ3) is 1.91. The van der Waals surface area contributed by atoms with Crippen LogP contribution in [0.15, 0.2) is 27.4 Å². The van der Waals surface area contributed by atoms with Crippen LogP contribution in [-0.2, 0) is 5.60 Å². The van der Waals surface area contributed by atoms with Gasteiger partial charge in [-0.25, -0.2) is 0 Å². The van der Waals surface area contributed by atoms with Crippen LogP contribution in [0.1, 0.15) is 22.2 Å². The second kappa shape index (κ2) is 4.01. The van der Waals surface area contributed by atoms with Crippen molar-refractivity contribution in [3.05, 3.63) is 42.7 Å². The monoisotopic (exact) mass is 302 g/mol. The summed E-state index contributed by atoms with van der Waals surface area (Å²) in [6.07, 6.45) is 0. The zero-order valence-corrected chi connectivity index (χ0v) is 11.7. The number of hydrogen-bond donors (Lipinski definition) is 1. The van der Waals surface area contributed by atoms with Gasteiger partial charge >= 0.3 is 0 Å². The summed E-state index contributed by atoms with van der Waals surface area (Å²) in [6.45, 7) is 3.88. The first kappa shape index (κ1) is 11.3. The van der Waals surface area contributed by atoms with Gasteiger partial charge in [-0.2, -0.15) is 0 Å². The summed E-state index contributed by atoms with van der Waals surface area (Å²) in [4.78, 5) is 1.98. The number of hydrogen-bond acceptors (Lipinski definition) is 3. The second-order valence-corrected chi connectivity index (χ2v) is 6.29. The Morgan fingerprint density at radius 1 is 1.20 bits per heavy atom. The molecule has 0 saturated heterocycles. The third-order valence-electron chi connectivity index (χ3n) is 2.36. The van der Waals surface area contributed by atoms with E-state index in [9.17, 15) is 5.11 Å². The Morgan fingerprint density at radius 2 is 1.80 bits per heavy atom. The minimum Gasteiger partial charge on any atom is -0.379 e. The molecule has 1 unspecified atom stereocenters. The fourth-order valence-electron chi connectivity index (χ4n) is 1.62. The maximum atomic E-state index is 10.6. The summed E-state index contributed by atoms with van der Waals surface area (Å²) < 4.78 is 0.977. The molecule has 1 atom stereocenters. The van der Waals surface area contributed by atoms with Crippen LogP contribution < -0.4 is 0 Å². The van der Waals surface area contributed by atoms with Crippen LogP contribution in [0.5, 0.6) is 0 Å². The van der Waals surface area contributed by atoms with E-state index in [1.54, 1.807) is 22.7 Å². The van der Waals surface area contributed by atoms with Crippen molar-refractivity contribution in [2.75, 3.05) is 0 Å². The number of thiophene rings is 2. The van der Waals surface area contributed by atoms with Gasteiger partial charge < -0.3 is 5.11 Å². The molecule has 0 aliphatic rings. The van der Waals surface area contributed by atoms with Crippen LogP contribution in [0.25, 0.3) is 0 Å². The van der Waals surface area contributed by atoms with Gasteiger partial charge in [-0.05, 0) is 58.2 Å². The van der Waals surface area contributed by atoms with E-state index in [1.165, 1.54) is 0 Å². The highest BCUT2D eigenvalue weighted by Crippen LogP contribution is 2.41. The van der Waals surface area contributed by atoms with E-state index in [4.69, 9.17) is 0 Å². The summed E-state index contributed by atoms with van der Waals surface area (Å²) in [6, 6.07) is 4.01. The summed E-state index contributed by atoms with van der Waals surface area (Å²) >= 11 is 6.64. The summed E-state index contributed by atoms with van der Waals surface area (Å²) in [5, 5.41) is 14.6. The normalized spacial score (nSPS) is 15.2. The first-order valence-corrected chi connectivity index (χ1v) is 7.09. The van der Waals surface area contributed by atoms with Gasteiger partial charge in [0.25, 0.3) is 0 Å². The van der Waals surface area contributed by atoms with E-state index >= 15 is 0 Å². The fourth-order valence-corrected chi connectivity index (χ4v) is 4.50. The molecular weight excluding hydrogens is 292 g/mol. The van der Waals surface area contributed by atoms with Crippen molar-refractivity contribution >= 4 is 38.6 Å². The highest BCUT2D eigenvalue weighted by Gasteiger charge is 2.31. The van der Waals surface area contributed by atoms with Crippen LogP contribution in [-0.4, -0.2) is 5.11 Å². The minimum absolute atomic E-state index is 0.884. The van der Waals surface area contributed by atoms with Crippen LogP contribution in [0, 0.1) is 6.92 Å².